The topological polar surface area (TPSA) is 46.9 Å². The van der Waals surface area contributed by atoms with Gasteiger partial charge in [0.1, 0.15) is 12.1 Å². The predicted molar refractivity (Wildman–Crippen MR) is 69.8 cm³/mol. The van der Waals surface area contributed by atoms with Crippen molar-refractivity contribution in [3.8, 4) is 0 Å². The number of carbonyl (C=O) groups is 1. The summed E-state index contributed by atoms with van der Waals surface area (Å²) in [6.45, 7) is 0. The van der Waals surface area contributed by atoms with Crippen LogP contribution < -0.4 is 5.43 Å². The molecule has 0 aliphatic heterocycles. The summed E-state index contributed by atoms with van der Waals surface area (Å²) in [6.07, 6.45) is 1.52. The van der Waals surface area contributed by atoms with E-state index in [1.54, 1.807) is 6.07 Å². The molecule has 0 bridgehead atoms. The number of para-hydroxylation sites is 2. The molecular formula is C14H10FN3O. The van der Waals surface area contributed by atoms with Crippen molar-refractivity contribution in [3.63, 3.8) is 0 Å². The number of halogens is 1. The van der Waals surface area contributed by atoms with Crippen LogP contribution in [-0.4, -0.2) is 15.6 Å². The number of amides is 1. The fraction of sp³-hybridized carbons (Fsp3) is 0. The van der Waals surface area contributed by atoms with Gasteiger partial charge in [-0.2, -0.15) is 0 Å². The van der Waals surface area contributed by atoms with Crippen LogP contribution in [0.1, 0.15) is 10.4 Å². The molecule has 3 aromatic rings. The standard InChI is InChI=1S/C14H10FN3O/c15-11-5-3-4-10(8-11)14(19)17-18-9-16-12-6-1-2-7-13(12)18/h1-9H,(H,17,19). The molecule has 1 aromatic heterocycles. The number of rotatable bonds is 2. The first-order valence-corrected chi connectivity index (χ1v) is 5.73. The van der Waals surface area contributed by atoms with E-state index in [1.807, 2.05) is 24.3 Å². The number of nitrogens with zero attached hydrogens (tertiary/aromatic N) is 2. The second-order valence-corrected chi connectivity index (χ2v) is 4.05. The zero-order chi connectivity index (χ0) is 13.2. The minimum atomic E-state index is -0.442. The predicted octanol–water partition coefficient (Wildman–Crippen LogP) is 2.56. The summed E-state index contributed by atoms with van der Waals surface area (Å²) in [5.74, 6) is -0.828. The first-order chi connectivity index (χ1) is 9.24. The highest BCUT2D eigenvalue weighted by atomic mass is 19.1. The van der Waals surface area contributed by atoms with Crippen molar-refractivity contribution in [2.24, 2.45) is 0 Å². The molecule has 1 amide bonds. The lowest BCUT2D eigenvalue weighted by Gasteiger charge is -2.06. The molecule has 0 radical (unpaired) electrons. The average molecular weight is 255 g/mol. The molecule has 0 spiro atoms. The van der Waals surface area contributed by atoms with Crippen molar-refractivity contribution < 1.29 is 9.18 Å². The number of imidazole rings is 1. The highest BCUT2D eigenvalue weighted by Crippen LogP contribution is 2.11. The van der Waals surface area contributed by atoms with Crippen LogP contribution in [0.4, 0.5) is 4.39 Å². The molecule has 0 fully saturated rings. The van der Waals surface area contributed by atoms with Gasteiger partial charge in [-0.1, -0.05) is 18.2 Å². The second kappa shape index (κ2) is 4.53. The molecule has 0 aliphatic carbocycles. The molecule has 2 aromatic carbocycles. The maximum atomic E-state index is 13.1. The Morgan fingerprint density at radius 2 is 2.00 bits per heavy atom. The quantitative estimate of drug-likeness (QED) is 0.765. The van der Waals surface area contributed by atoms with E-state index in [2.05, 4.69) is 10.4 Å². The summed E-state index contributed by atoms with van der Waals surface area (Å²) in [4.78, 5) is 16.1. The van der Waals surface area contributed by atoms with E-state index in [4.69, 9.17) is 0 Å². The lowest BCUT2D eigenvalue weighted by Crippen LogP contribution is -2.22. The number of benzene rings is 2. The number of hydrogen-bond acceptors (Lipinski definition) is 2. The van der Waals surface area contributed by atoms with Gasteiger partial charge in [0.2, 0.25) is 0 Å². The van der Waals surface area contributed by atoms with E-state index in [1.165, 1.54) is 29.2 Å². The lowest BCUT2D eigenvalue weighted by molar-refractivity contribution is 0.101. The molecule has 0 saturated carbocycles. The summed E-state index contributed by atoms with van der Waals surface area (Å²) < 4.78 is 14.6. The van der Waals surface area contributed by atoms with Crippen molar-refractivity contribution in [3.05, 3.63) is 66.2 Å². The van der Waals surface area contributed by atoms with Crippen molar-refractivity contribution in [1.29, 1.82) is 0 Å². The van der Waals surface area contributed by atoms with E-state index in [-0.39, 0.29) is 11.5 Å². The third-order valence-corrected chi connectivity index (χ3v) is 2.76. The molecular weight excluding hydrogens is 245 g/mol. The Balaban J connectivity index is 1.91. The molecule has 19 heavy (non-hydrogen) atoms. The van der Waals surface area contributed by atoms with Gasteiger partial charge in [0, 0.05) is 5.56 Å². The Labute approximate surface area is 108 Å². The minimum absolute atomic E-state index is 0.262. The lowest BCUT2D eigenvalue weighted by atomic mass is 10.2. The van der Waals surface area contributed by atoms with Gasteiger partial charge in [0.15, 0.2) is 0 Å². The molecule has 1 N–H and O–H groups in total. The molecule has 0 atom stereocenters. The number of nitrogens with one attached hydrogen (secondary N) is 1. The maximum absolute atomic E-state index is 13.1. The van der Waals surface area contributed by atoms with Crippen LogP contribution in [0.15, 0.2) is 54.9 Å². The molecule has 0 saturated heterocycles. The van der Waals surface area contributed by atoms with Gasteiger partial charge in [0.05, 0.1) is 11.0 Å². The largest absolute Gasteiger partial charge is 0.270 e. The highest BCUT2D eigenvalue weighted by Gasteiger charge is 2.08. The van der Waals surface area contributed by atoms with Gasteiger partial charge < -0.3 is 0 Å². The third kappa shape index (κ3) is 2.18. The second-order valence-electron chi connectivity index (χ2n) is 4.05. The first kappa shape index (κ1) is 11.4. The molecule has 1 heterocycles. The van der Waals surface area contributed by atoms with Crippen LogP contribution in [0.2, 0.25) is 0 Å². The monoisotopic (exact) mass is 255 g/mol. The highest BCUT2D eigenvalue weighted by molar-refractivity contribution is 6.00. The van der Waals surface area contributed by atoms with Gasteiger partial charge in [-0.15, -0.1) is 0 Å². The number of hydrogen-bond donors (Lipinski definition) is 1. The Morgan fingerprint density at radius 1 is 1.16 bits per heavy atom. The average Bonchev–Trinajstić information content (AvgIpc) is 2.82. The third-order valence-electron chi connectivity index (χ3n) is 2.76. The van der Waals surface area contributed by atoms with Crippen molar-refractivity contribution in [1.82, 2.24) is 9.66 Å². The van der Waals surface area contributed by atoms with E-state index in [0.29, 0.717) is 0 Å². The molecule has 5 heteroatoms. The van der Waals surface area contributed by atoms with Gasteiger partial charge in [0.25, 0.3) is 5.91 Å². The normalized spacial score (nSPS) is 10.6. The van der Waals surface area contributed by atoms with Crippen LogP contribution >= 0.6 is 0 Å². The van der Waals surface area contributed by atoms with Crippen LogP contribution in [0.5, 0.6) is 0 Å². The summed E-state index contributed by atoms with van der Waals surface area (Å²) in [6, 6.07) is 12.9. The summed E-state index contributed by atoms with van der Waals surface area (Å²) in [5.41, 5.74) is 4.48. The van der Waals surface area contributed by atoms with E-state index in [9.17, 15) is 9.18 Å². The minimum Gasteiger partial charge on any atom is -0.267 e. The van der Waals surface area contributed by atoms with Gasteiger partial charge in [-0.05, 0) is 30.3 Å². The van der Waals surface area contributed by atoms with Gasteiger partial charge >= 0.3 is 0 Å². The maximum Gasteiger partial charge on any atom is 0.270 e. The van der Waals surface area contributed by atoms with Crippen molar-refractivity contribution >= 4 is 16.9 Å². The van der Waals surface area contributed by atoms with E-state index >= 15 is 0 Å². The first-order valence-electron chi connectivity index (χ1n) is 5.73. The van der Waals surface area contributed by atoms with Crippen LogP contribution in [0.25, 0.3) is 11.0 Å². The van der Waals surface area contributed by atoms with Gasteiger partial charge in [-0.3, -0.25) is 10.2 Å². The Hall–Kier alpha value is -2.69. The van der Waals surface area contributed by atoms with Gasteiger partial charge in [-0.25, -0.2) is 14.1 Å². The fourth-order valence-corrected chi connectivity index (χ4v) is 1.85. The zero-order valence-electron chi connectivity index (χ0n) is 9.88. The summed E-state index contributed by atoms with van der Waals surface area (Å²) in [5, 5.41) is 0. The van der Waals surface area contributed by atoms with E-state index in [0.717, 1.165) is 11.0 Å². The van der Waals surface area contributed by atoms with Crippen molar-refractivity contribution in [2.45, 2.75) is 0 Å². The molecule has 94 valence electrons. The molecule has 4 nitrogen and oxygen atoms in total. The summed E-state index contributed by atoms with van der Waals surface area (Å²) >= 11 is 0. The number of aromatic nitrogens is 2. The van der Waals surface area contributed by atoms with Crippen LogP contribution in [0, 0.1) is 5.82 Å². The Kier molecular flexibility index (Phi) is 2.72. The Morgan fingerprint density at radius 3 is 2.84 bits per heavy atom. The molecule has 0 unspecified atom stereocenters. The van der Waals surface area contributed by atoms with Crippen LogP contribution in [0.3, 0.4) is 0 Å². The number of fused-ring (bicyclic) bond motifs is 1. The smallest absolute Gasteiger partial charge is 0.267 e. The SMILES string of the molecule is O=C(Nn1cnc2ccccc21)c1cccc(F)c1. The molecule has 0 aliphatic rings. The van der Waals surface area contributed by atoms with Crippen molar-refractivity contribution in [2.75, 3.05) is 5.43 Å². The Bertz CT molecular complexity index is 751. The zero-order valence-corrected chi connectivity index (χ0v) is 9.88. The number of carbonyl (C=O) groups excluding carboxylic acids is 1. The van der Waals surface area contributed by atoms with Crippen LogP contribution in [-0.2, 0) is 0 Å². The summed E-state index contributed by atoms with van der Waals surface area (Å²) in [7, 11) is 0. The fourth-order valence-electron chi connectivity index (χ4n) is 1.85. The molecule has 3 rings (SSSR count). The van der Waals surface area contributed by atoms with E-state index < -0.39 is 5.82 Å².